The maximum Gasteiger partial charge on any atom is 0.261 e. The second-order valence-electron chi connectivity index (χ2n) is 4.32. The van der Waals surface area contributed by atoms with Crippen molar-refractivity contribution in [1.82, 2.24) is 9.47 Å². The lowest BCUT2D eigenvalue weighted by atomic mass is 10.2. The van der Waals surface area contributed by atoms with Crippen LogP contribution in [-0.2, 0) is 11.3 Å². The van der Waals surface area contributed by atoms with Crippen molar-refractivity contribution in [2.24, 2.45) is 5.73 Å². The van der Waals surface area contributed by atoms with Crippen molar-refractivity contribution in [2.45, 2.75) is 26.4 Å². The first-order valence-electron chi connectivity index (χ1n) is 5.59. The van der Waals surface area contributed by atoms with E-state index < -0.39 is 0 Å². The van der Waals surface area contributed by atoms with E-state index in [4.69, 9.17) is 18.0 Å². The van der Waals surface area contributed by atoms with E-state index in [0.29, 0.717) is 0 Å². The van der Waals surface area contributed by atoms with E-state index in [1.165, 1.54) is 4.57 Å². The number of nitrogens with zero attached hydrogens (tertiary/aromatic N) is 2. The summed E-state index contributed by atoms with van der Waals surface area (Å²) >= 11 is 4.78. The molecule has 6 heteroatoms. The first-order chi connectivity index (χ1) is 8.34. The van der Waals surface area contributed by atoms with Crippen LogP contribution in [0.5, 0.6) is 0 Å². The molecule has 1 heterocycles. The summed E-state index contributed by atoms with van der Waals surface area (Å²) in [6, 6.07) is 3.29. The van der Waals surface area contributed by atoms with Crippen LogP contribution in [0, 0.1) is 0 Å². The molecule has 98 valence electrons. The van der Waals surface area contributed by atoms with Crippen molar-refractivity contribution in [2.75, 3.05) is 7.05 Å². The number of carbonyl (C=O) groups excluding carboxylic acids is 1. The van der Waals surface area contributed by atoms with Gasteiger partial charge in [0, 0.05) is 19.3 Å². The molecule has 0 aliphatic carbocycles. The Bertz CT molecular complexity index is 522. The van der Waals surface area contributed by atoms with Gasteiger partial charge in [0.15, 0.2) is 0 Å². The molecular weight excluding hydrogens is 250 g/mol. The molecule has 0 aliphatic rings. The Balaban J connectivity index is 3.00. The maximum absolute atomic E-state index is 12.0. The van der Waals surface area contributed by atoms with Crippen molar-refractivity contribution < 1.29 is 4.79 Å². The molecule has 1 aromatic rings. The molecule has 5 nitrogen and oxygen atoms in total. The van der Waals surface area contributed by atoms with E-state index in [-0.39, 0.29) is 34.6 Å². The van der Waals surface area contributed by atoms with Gasteiger partial charge in [0.05, 0.1) is 5.56 Å². The van der Waals surface area contributed by atoms with Crippen molar-refractivity contribution in [1.29, 1.82) is 0 Å². The van der Waals surface area contributed by atoms with Gasteiger partial charge in [0.1, 0.15) is 11.5 Å². The molecule has 0 aliphatic heterocycles. The van der Waals surface area contributed by atoms with Crippen LogP contribution in [0.1, 0.15) is 19.4 Å². The van der Waals surface area contributed by atoms with Gasteiger partial charge >= 0.3 is 0 Å². The lowest BCUT2D eigenvalue weighted by Gasteiger charge is -2.21. The minimum absolute atomic E-state index is 0.00995. The first kappa shape index (κ1) is 14.4. The molecule has 0 unspecified atom stereocenters. The Morgan fingerprint density at radius 2 is 2.17 bits per heavy atom. The molecule has 0 saturated carbocycles. The van der Waals surface area contributed by atoms with Gasteiger partial charge in [0.2, 0.25) is 5.91 Å². The average molecular weight is 267 g/mol. The highest BCUT2D eigenvalue weighted by atomic mass is 32.1. The molecule has 0 spiro atoms. The SMILES string of the molecule is CC(C)N(C)C(=O)Cn1cccc(C(N)=S)c1=O. The highest BCUT2D eigenvalue weighted by molar-refractivity contribution is 7.80. The third-order valence-electron chi connectivity index (χ3n) is 2.76. The number of hydrogen-bond acceptors (Lipinski definition) is 3. The predicted molar refractivity (Wildman–Crippen MR) is 74.5 cm³/mol. The van der Waals surface area contributed by atoms with E-state index in [1.54, 1.807) is 30.3 Å². The third kappa shape index (κ3) is 3.16. The zero-order valence-corrected chi connectivity index (χ0v) is 11.5. The van der Waals surface area contributed by atoms with Crippen molar-refractivity contribution in [3.8, 4) is 0 Å². The summed E-state index contributed by atoms with van der Waals surface area (Å²) < 4.78 is 1.32. The van der Waals surface area contributed by atoms with Crippen molar-refractivity contribution in [3.05, 3.63) is 34.2 Å². The van der Waals surface area contributed by atoms with Gasteiger partial charge in [-0.15, -0.1) is 0 Å². The molecule has 1 aromatic heterocycles. The Hall–Kier alpha value is -1.69. The van der Waals surface area contributed by atoms with E-state index in [2.05, 4.69) is 0 Å². The summed E-state index contributed by atoms with van der Waals surface area (Å²) in [6.07, 6.45) is 1.55. The zero-order chi connectivity index (χ0) is 13.9. The van der Waals surface area contributed by atoms with Crippen molar-refractivity contribution in [3.63, 3.8) is 0 Å². The fourth-order valence-corrected chi connectivity index (χ4v) is 1.55. The Kier molecular flexibility index (Phi) is 4.61. The molecule has 1 rings (SSSR count). The Morgan fingerprint density at radius 3 is 2.67 bits per heavy atom. The minimum atomic E-state index is -0.337. The summed E-state index contributed by atoms with van der Waals surface area (Å²) in [5.41, 5.74) is 5.36. The summed E-state index contributed by atoms with van der Waals surface area (Å²) in [5, 5.41) is 0. The minimum Gasteiger partial charge on any atom is -0.389 e. The quantitative estimate of drug-likeness (QED) is 0.799. The standard InChI is InChI=1S/C12H17N3O2S/c1-8(2)14(3)10(16)7-15-6-4-5-9(11(13)18)12(15)17/h4-6,8H,7H2,1-3H3,(H2,13,18). The summed E-state index contributed by atoms with van der Waals surface area (Å²) in [4.78, 5) is 25.5. The number of likely N-dealkylation sites (N-methyl/N-ethyl adjacent to an activating group) is 1. The molecule has 0 radical (unpaired) electrons. The molecule has 0 saturated heterocycles. The zero-order valence-electron chi connectivity index (χ0n) is 10.7. The number of amides is 1. The summed E-state index contributed by atoms with van der Waals surface area (Å²) in [7, 11) is 1.70. The van der Waals surface area contributed by atoms with Gasteiger partial charge in [-0.2, -0.15) is 0 Å². The normalized spacial score (nSPS) is 10.4. The number of aromatic nitrogens is 1. The molecule has 1 amide bonds. The van der Waals surface area contributed by atoms with Crippen LogP contribution in [0.3, 0.4) is 0 Å². The molecule has 0 aromatic carbocycles. The molecule has 0 fully saturated rings. The Labute approximate surface area is 111 Å². The fourth-order valence-electron chi connectivity index (χ4n) is 1.39. The summed E-state index contributed by atoms with van der Waals surface area (Å²) in [6.45, 7) is 3.81. The predicted octanol–water partition coefficient (Wildman–Crippen LogP) is 0.349. The van der Waals surface area contributed by atoms with Crippen LogP contribution in [0.4, 0.5) is 0 Å². The van der Waals surface area contributed by atoms with Crippen LogP contribution in [-0.4, -0.2) is 33.5 Å². The number of rotatable bonds is 4. The number of nitrogens with two attached hydrogens (primary N) is 1. The summed E-state index contributed by atoms with van der Waals surface area (Å²) in [5.74, 6) is -0.132. The maximum atomic E-state index is 12.0. The van der Waals surface area contributed by atoms with Gasteiger partial charge in [0.25, 0.3) is 5.56 Å². The molecule has 0 atom stereocenters. The van der Waals surface area contributed by atoms with E-state index >= 15 is 0 Å². The number of thiocarbonyl (C=S) groups is 1. The van der Waals surface area contributed by atoms with Gasteiger partial charge in [-0.05, 0) is 26.0 Å². The number of hydrogen-bond donors (Lipinski definition) is 1. The van der Waals surface area contributed by atoms with E-state index in [0.717, 1.165) is 0 Å². The first-order valence-corrected chi connectivity index (χ1v) is 6.00. The van der Waals surface area contributed by atoms with Gasteiger partial charge in [-0.3, -0.25) is 9.59 Å². The molecule has 0 bridgehead atoms. The largest absolute Gasteiger partial charge is 0.389 e. The van der Waals surface area contributed by atoms with Crippen LogP contribution >= 0.6 is 12.2 Å². The van der Waals surface area contributed by atoms with Crippen molar-refractivity contribution >= 4 is 23.1 Å². The van der Waals surface area contributed by atoms with Crippen LogP contribution in [0.2, 0.25) is 0 Å². The van der Waals surface area contributed by atoms with E-state index in [9.17, 15) is 9.59 Å². The van der Waals surface area contributed by atoms with Crippen LogP contribution < -0.4 is 11.3 Å². The van der Waals surface area contributed by atoms with Gasteiger partial charge < -0.3 is 15.2 Å². The Morgan fingerprint density at radius 1 is 1.56 bits per heavy atom. The van der Waals surface area contributed by atoms with Crippen LogP contribution in [0.25, 0.3) is 0 Å². The third-order valence-corrected chi connectivity index (χ3v) is 2.98. The molecule has 2 N–H and O–H groups in total. The lowest BCUT2D eigenvalue weighted by molar-refractivity contribution is -0.132. The second-order valence-corrected chi connectivity index (χ2v) is 4.76. The lowest BCUT2D eigenvalue weighted by Crippen LogP contribution is -2.38. The topological polar surface area (TPSA) is 68.3 Å². The smallest absolute Gasteiger partial charge is 0.261 e. The van der Waals surface area contributed by atoms with Gasteiger partial charge in [-0.1, -0.05) is 12.2 Å². The fraction of sp³-hybridized carbons (Fsp3) is 0.417. The highest BCUT2D eigenvalue weighted by Gasteiger charge is 2.14. The number of pyridine rings is 1. The average Bonchev–Trinajstić information content (AvgIpc) is 2.30. The second kappa shape index (κ2) is 5.77. The highest BCUT2D eigenvalue weighted by Crippen LogP contribution is 1.98. The van der Waals surface area contributed by atoms with Gasteiger partial charge in [-0.25, -0.2) is 0 Å². The van der Waals surface area contributed by atoms with E-state index in [1.807, 2.05) is 13.8 Å². The van der Waals surface area contributed by atoms with Crippen LogP contribution in [0.15, 0.2) is 23.1 Å². The number of carbonyl (C=O) groups is 1. The molecular formula is C12H17N3O2S. The molecule has 18 heavy (non-hydrogen) atoms. The monoisotopic (exact) mass is 267 g/mol.